The quantitative estimate of drug-likeness (QED) is 0.795. The van der Waals surface area contributed by atoms with Gasteiger partial charge in [-0.1, -0.05) is 0 Å². The van der Waals surface area contributed by atoms with Crippen LogP contribution in [0.3, 0.4) is 0 Å². The van der Waals surface area contributed by atoms with Crippen molar-refractivity contribution in [3.8, 4) is 0 Å². The molecule has 0 bridgehead atoms. The van der Waals surface area contributed by atoms with E-state index in [0.717, 1.165) is 24.7 Å². The average Bonchev–Trinajstić information content (AvgIpc) is 2.27. The first kappa shape index (κ1) is 12.9. The van der Waals surface area contributed by atoms with Crippen molar-refractivity contribution in [1.82, 2.24) is 10.2 Å². The molecule has 104 valence electrons. The first-order valence-electron chi connectivity index (χ1n) is 7.29. The van der Waals surface area contributed by atoms with Crippen molar-refractivity contribution in [2.45, 2.75) is 31.7 Å². The summed E-state index contributed by atoms with van der Waals surface area (Å²) in [6.07, 6.45) is 4.38. The minimum absolute atomic E-state index is 0.407. The van der Waals surface area contributed by atoms with Crippen LogP contribution in [0.4, 0.5) is 0 Å². The molecule has 3 heterocycles. The Kier molecular flexibility index (Phi) is 3.65. The molecule has 18 heavy (non-hydrogen) atoms. The number of hydrogen-bond donors (Lipinski definition) is 1. The second-order valence-electron chi connectivity index (χ2n) is 6.20. The van der Waals surface area contributed by atoms with Crippen molar-refractivity contribution in [2.75, 3.05) is 37.7 Å². The van der Waals surface area contributed by atoms with Crippen molar-refractivity contribution >= 4 is 9.84 Å². The molecule has 3 fully saturated rings. The second-order valence-corrected chi connectivity index (χ2v) is 8.50. The number of piperidine rings is 1. The smallest absolute Gasteiger partial charge is 0.150 e. The molecule has 3 saturated heterocycles. The normalized spacial score (nSPS) is 35.2. The van der Waals surface area contributed by atoms with E-state index in [1.54, 1.807) is 0 Å². The molecule has 0 aliphatic carbocycles. The van der Waals surface area contributed by atoms with Crippen LogP contribution in [0.5, 0.6) is 0 Å². The van der Waals surface area contributed by atoms with E-state index in [-0.39, 0.29) is 0 Å². The maximum absolute atomic E-state index is 11.5. The van der Waals surface area contributed by atoms with Gasteiger partial charge in [-0.25, -0.2) is 8.42 Å². The number of nitrogens with one attached hydrogen (secondary N) is 1. The summed E-state index contributed by atoms with van der Waals surface area (Å²) in [4.78, 5) is 2.58. The molecule has 0 aromatic carbocycles. The first-order valence-corrected chi connectivity index (χ1v) is 9.11. The topological polar surface area (TPSA) is 49.4 Å². The molecule has 0 saturated carbocycles. The highest BCUT2D eigenvalue weighted by Crippen LogP contribution is 2.29. The molecule has 5 heteroatoms. The SMILES string of the molecule is O=S1(=O)CCC(N2CCC[C@H](C3CNC3)C2)CC1. The summed E-state index contributed by atoms with van der Waals surface area (Å²) < 4.78 is 23.0. The van der Waals surface area contributed by atoms with Crippen molar-refractivity contribution < 1.29 is 8.42 Å². The Hall–Kier alpha value is -0.130. The van der Waals surface area contributed by atoms with E-state index in [1.165, 1.54) is 39.0 Å². The van der Waals surface area contributed by atoms with Gasteiger partial charge in [0, 0.05) is 12.6 Å². The summed E-state index contributed by atoms with van der Waals surface area (Å²) >= 11 is 0. The highest BCUT2D eigenvalue weighted by molar-refractivity contribution is 7.91. The summed E-state index contributed by atoms with van der Waals surface area (Å²) in [6, 6.07) is 0.532. The number of rotatable bonds is 2. The Morgan fingerprint density at radius 3 is 2.33 bits per heavy atom. The van der Waals surface area contributed by atoms with Gasteiger partial charge in [0.15, 0.2) is 0 Å². The third-order valence-electron chi connectivity index (χ3n) is 5.01. The maximum Gasteiger partial charge on any atom is 0.150 e. The summed E-state index contributed by atoms with van der Waals surface area (Å²) in [7, 11) is -2.71. The summed E-state index contributed by atoms with van der Waals surface area (Å²) in [5.41, 5.74) is 0. The molecule has 0 spiro atoms. The lowest BCUT2D eigenvalue weighted by molar-refractivity contribution is 0.0725. The molecule has 1 N–H and O–H groups in total. The van der Waals surface area contributed by atoms with Crippen molar-refractivity contribution in [1.29, 1.82) is 0 Å². The number of nitrogens with zero attached hydrogens (tertiary/aromatic N) is 1. The molecule has 3 aliphatic rings. The minimum atomic E-state index is -2.71. The third-order valence-corrected chi connectivity index (χ3v) is 6.72. The fourth-order valence-corrected chi connectivity index (χ4v) is 5.11. The van der Waals surface area contributed by atoms with Gasteiger partial charge in [0.1, 0.15) is 9.84 Å². The Morgan fingerprint density at radius 1 is 1.00 bits per heavy atom. The highest BCUT2D eigenvalue weighted by Gasteiger charge is 2.35. The summed E-state index contributed by atoms with van der Waals surface area (Å²) in [5.74, 6) is 2.53. The average molecular weight is 272 g/mol. The van der Waals surface area contributed by atoms with Gasteiger partial charge in [-0.2, -0.15) is 0 Å². The molecule has 4 nitrogen and oxygen atoms in total. The molecular formula is C13H24N2O2S. The standard InChI is InChI=1S/C13H24N2O2S/c16-18(17)6-3-13(4-7-18)15-5-1-2-11(10-15)12-8-14-9-12/h11-14H,1-10H2/t11-/m0/s1. The van der Waals surface area contributed by atoms with E-state index in [1.807, 2.05) is 0 Å². The van der Waals surface area contributed by atoms with E-state index in [0.29, 0.717) is 17.5 Å². The molecular weight excluding hydrogens is 248 g/mol. The zero-order chi connectivity index (χ0) is 12.6. The van der Waals surface area contributed by atoms with Gasteiger partial charge in [0.25, 0.3) is 0 Å². The van der Waals surface area contributed by atoms with E-state index >= 15 is 0 Å². The molecule has 0 amide bonds. The van der Waals surface area contributed by atoms with Gasteiger partial charge < -0.3 is 10.2 Å². The Morgan fingerprint density at radius 2 is 1.72 bits per heavy atom. The third kappa shape index (κ3) is 2.73. The predicted octanol–water partition coefficient (Wildman–Crippen LogP) is 0.495. The van der Waals surface area contributed by atoms with Gasteiger partial charge in [0.05, 0.1) is 11.5 Å². The van der Waals surface area contributed by atoms with Crippen LogP contribution < -0.4 is 5.32 Å². The zero-order valence-electron chi connectivity index (χ0n) is 11.0. The molecule has 3 rings (SSSR count). The summed E-state index contributed by atoms with van der Waals surface area (Å²) in [5, 5.41) is 3.37. The first-order chi connectivity index (χ1) is 8.64. The minimum Gasteiger partial charge on any atom is -0.316 e. The molecule has 0 aromatic rings. The van der Waals surface area contributed by atoms with Crippen LogP contribution in [0.1, 0.15) is 25.7 Å². The van der Waals surface area contributed by atoms with Gasteiger partial charge >= 0.3 is 0 Å². The van der Waals surface area contributed by atoms with Crippen LogP contribution in [-0.4, -0.2) is 57.0 Å². The predicted molar refractivity (Wildman–Crippen MR) is 72.3 cm³/mol. The van der Waals surface area contributed by atoms with Gasteiger partial charge in [0.2, 0.25) is 0 Å². The molecule has 0 radical (unpaired) electrons. The monoisotopic (exact) mass is 272 g/mol. The summed E-state index contributed by atoms with van der Waals surface area (Å²) in [6.45, 7) is 4.77. The van der Waals surface area contributed by atoms with E-state index < -0.39 is 9.84 Å². The van der Waals surface area contributed by atoms with Crippen LogP contribution in [0.25, 0.3) is 0 Å². The van der Waals surface area contributed by atoms with Crippen LogP contribution in [-0.2, 0) is 9.84 Å². The van der Waals surface area contributed by atoms with Crippen molar-refractivity contribution in [2.24, 2.45) is 11.8 Å². The Bertz CT molecular complexity index is 378. The zero-order valence-corrected chi connectivity index (χ0v) is 11.8. The lowest BCUT2D eigenvalue weighted by atomic mass is 9.81. The van der Waals surface area contributed by atoms with Gasteiger partial charge in [-0.05, 0) is 57.2 Å². The molecule has 0 aromatic heterocycles. The number of likely N-dealkylation sites (tertiary alicyclic amines) is 1. The van der Waals surface area contributed by atoms with Crippen molar-refractivity contribution in [3.05, 3.63) is 0 Å². The van der Waals surface area contributed by atoms with Gasteiger partial charge in [-0.3, -0.25) is 0 Å². The Labute approximate surface area is 110 Å². The molecule has 3 aliphatic heterocycles. The largest absolute Gasteiger partial charge is 0.316 e. The Balaban J connectivity index is 1.55. The van der Waals surface area contributed by atoms with Crippen molar-refractivity contribution in [3.63, 3.8) is 0 Å². The fraction of sp³-hybridized carbons (Fsp3) is 1.00. The maximum atomic E-state index is 11.5. The van der Waals surface area contributed by atoms with Crippen LogP contribution in [0.2, 0.25) is 0 Å². The molecule has 0 unspecified atom stereocenters. The van der Waals surface area contributed by atoms with Crippen LogP contribution in [0, 0.1) is 11.8 Å². The second kappa shape index (κ2) is 5.10. The van der Waals surface area contributed by atoms with E-state index in [4.69, 9.17) is 0 Å². The van der Waals surface area contributed by atoms with E-state index in [9.17, 15) is 8.42 Å². The lowest BCUT2D eigenvalue weighted by Gasteiger charge is -2.44. The van der Waals surface area contributed by atoms with Crippen LogP contribution >= 0.6 is 0 Å². The molecule has 1 atom stereocenters. The number of sulfone groups is 1. The number of hydrogen-bond acceptors (Lipinski definition) is 4. The lowest BCUT2D eigenvalue weighted by Crippen LogP contribution is -2.53. The van der Waals surface area contributed by atoms with Gasteiger partial charge in [-0.15, -0.1) is 0 Å². The fourth-order valence-electron chi connectivity index (χ4n) is 3.64. The highest BCUT2D eigenvalue weighted by atomic mass is 32.2. The van der Waals surface area contributed by atoms with E-state index in [2.05, 4.69) is 10.2 Å². The van der Waals surface area contributed by atoms with Crippen LogP contribution in [0.15, 0.2) is 0 Å².